The van der Waals surface area contributed by atoms with Gasteiger partial charge in [0, 0.05) is 19.0 Å². The molecule has 1 atom stereocenters. The summed E-state index contributed by atoms with van der Waals surface area (Å²) in [7, 11) is -4.30. The minimum absolute atomic E-state index is 0.0531. The van der Waals surface area contributed by atoms with Crippen LogP contribution in [0, 0.1) is 6.92 Å². The SMILES string of the molecule is Cc1ccccc1CN(C(=O)CN(c1cc(C(F)(F)F)ccc1Cl)S(C)(=O)=O)[C@@H](Cc1ccccc1)C(=O)NC(C)C. The van der Waals surface area contributed by atoms with Gasteiger partial charge in [0.1, 0.15) is 12.6 Å². The molecule has 7 nitrogen and oxygen atoms in total. The molecule has 12 heteroatoms. The molecule has 2 amide bonds. The summed E-state index contributed by atoms with van der Waals surface area (Å²) < 4.78 is 66.8. The number of hydrogen-bond donors (Lipinski definition) is 1. The minimum atomic E-state index is -4.78. The molecule has 3 rings (SSSR count). The Morgan fingerprint density at radius 2 is 1.60 bits per heavy atom. The Hall–Kier alpha value is -3.57. The summed E-state index contributed by atoms with van der Waals surface area (Å²) >= 11 is 6.18. The zero-order chi connectivity index (χ0) is 31.2. The largest absolute Gasteiger partial charge is 0.416 e. The van der Waals surface area contributed by atoms with Crippen LogP contribution < -0.4 is 9.62 Å². The highest BCUT2D eigenvalue weighted by atomic mass is 35.5. The zero-order valence-corrected chi connectivity index (χ0v) is 25.2. The molecule has 0 saturated heterocycles. The average Bonchev–Trinajstić information content (AvgIpc) is 2.89. The molecule has 0 bridgehead atoms. The Balaban J connectivity index is 2.13. The first-order chi connectivity index (χ1) is 19.6. The van der Waals surface area contributed by atoms with E-state index >= 15 is 0 Å². The Morgan fingerprint density at radius 3 is 2.17 bits per heavy atom. The van der Waals surface area contributed by atoms with Crippen molar-refractivity contribution in [2.24, 2.45) is 0 Å². The molecule has 1 N–H and O–H groups in total. The quantitative estimate of drug-likeness (QED) is 0.301. The summed E-state index contributed by atoms with van der Waals surface area (Å²) in [6.45, 7) is 4.44. The van der Waals surface area contributed by atoms with Gasteiger partial charge in [-0.3, -0.25) is 13.9 Å². The molecule has 0 saturated carbocycles. The molecule has 0 heterocycles. The van der Waals surface area contributed by atoms with Crippen LogP contribution in [0.25, 0.3) is 0 Å². The van der Waals surface area contributed by atoms with Crippen molar-refractivity contribution in [3.8, 4) is 0 Å². The fourth-order valence-corrected chi connectivity index (χ4v) is 5.50. The smallest absolute Gasteiger partial charge is 0.352 e. The van der Waals surface area contributed by atoms with E-state index in [1.165, 1.54) is 4.90 Å². The number of alkyl halides is 3. The van der Waals surface area contributed by atoms with Crippen molar-refractivity contribution >= 4 is 39.1 Å². The molecular formula is C30H33ClF3N3O4S. The first-order valence-electron chi connectivity index (χ1n) is 13.1. The molecule has 0 spiro atoms. The number of halogens is 4. The fourth-order valence-electron chi connectivity index (χ4n) is 4.38. The second-order valence-electron chi connectivity index (χ2n) is 10.3. The Labute approximate surface area is 249 Å². The van der Waals surface area contributed by atoms with Crippen molar-refractivity contribution in [2.75, 3.05) is 17.1 Å². The molecule has 0 aliphatic carbocycles. The highest BCUT2D eigenvalue weighted by Crippen LogP contribution is 2.36. The summed E-state index contributed by atoms with van der Waals surface area (Å²) in [4.78, 5) is 28.9. The van der Waals surface area contributed by atoms with Gasteiger partial charge in [0.2, 0.25) is 21.8 Å². The lowest BCUT2D eigenvalue weighted by molar-refractivity contribution is -0.140. The third-order valence-corrected chi connectivity index (χ3v) is 7.97. The number of hydrogen-bond acceptors (Lipinski definition) is 4. The normalized spacial score (nSPS) is 12.6. The number of amides is 2. The van der Waals surface area contributed by atoms with Crippen molar-refractivity contribution in [2.45, 2.75) is 52.0 Å². The molecule has 0 aliphatic heterocycles. The van der Waals surface area contributed by atoms with E-state index in [1.807, 2.05) is 25.1 Å². The molecule has 42 heavy (non-hydrogen) atoms. The van der Waals surface area contributed by atoms with Crippen LogP contribution in [0.1, 0.15) is 36.1 Å². The molecule has 0 fully saturated rings. The topological polar surface area (TPSA) is 86.8 Å². The maximum absolute atomic E-state index is 14.1. The number of aryl methyl sites for hydroxylation is 1. The van der Waals surface area contributed by atoms with Crippen LogP contribution in [-0.2, 0) is 38.8 Å². The van der Waals surface area contributed by atoms with Crippen molar-refractivity contribution in [3.05, 3.63) is 100 Å². The number of anilines is 1. The van der Waals surface area contributed by atoms with Gasteiger partial charge in [-0.2, -0.15) is 13.2 Å². The number of benzene rings is 3. The van der Waals surface area contributed by atoms with Crippen LogP contribution >= 0.6 is 11.6 Å². The lowest BCUT2D eigenvalue weighted by atomic mass is 10.0. The van der Waals surface area contributed by atoms with Gasteiger partial charge in [0.05, 0.1) is 22.5 Å². The molecule has 0 aromatic heterocycles. The Kier molecular flexibility index (Phi) is 10.7. The van der Waals surface area contributed by atoms with Crippen LogP contribution in [-0.4, -0.2) is 50.0 Å². The van der Waals surface area contributed by atoms with Crippen LogP contribution in [0.3, 0.4) is 0 Å². The van der Waals surface area contributed by atoms with Gasteiger partial charge in [-0.05, 0) is 55.7 Å². The van der Waals surface area contributed by atoms with Gasteiger partial charge >= 0.3 is 6.18 Å². The fraction of sp³-hybridized carbons (Fsp3) is 0.333. The van der Waals surface area contributed by atoms with E-state index in [0.717, 1.165) is 29.5 Å². The summed E-state index contributed by atoms with van der Waals surface area (Å²) in [5, 5.41) is 2.55. The van der Waals surface area contributed by atoms with Crippen molar-refractivity contribution in [1.82, 2.24) is 10.2 Å². The van der Waals surface area contributed by atoms with Crippen LogP contribution in [0.15, 0.2) is 72.8 Å². The maximum atomic E-state index is 14.1. The summed E-state index contributed by atoms with van der Waals surface area (Å²) in [6, 6.07) is 17.1. The van der Waals surface area contributed by atoms with E-state index in [9.17, 15) is 31.2 Å². The third-order valence-electron chi connectivity index (χ3n) is 6.53. The number of sulfonamides is 1. The lowest BCUT2D eigenvalue weighted by Crippen LogP contribution is -2.54. The number of nitrogens with one attached hydrogen (secondary N) is 1. The van der Waals surface area contributed by atoms with E-state index in [-0.39, 0.29) is 24.0 Å². The van der Waals surface area contributed by atoms with Crippen molar-refractivity contribution in [3.63, 3.8) is 0 Å². The second kappa shape index (κ2) is 13.6. The highest BCUT2D eigenvalue weighted by molar-refractivity contribution is 7.92. The average molecular weight is 624 g/mol. The zero-order valence-electron chi connectivity index (χ0n) is 23.7. The second-order valence-corrected chi connectivity index (χ2v) is 12.6. The Bertz CT molecular complexity index is 1520. The van der Waals surface area contributed by atoms with E-state index in [2.05, 4.69) is 5.32 Å². The van der Waals surface area contributed by atoms with Gasteiger partial charge in [-0.1, -0.05) is 66.2 Å². The van der Waals surface area contributed by atoms with Crippen LogP contribution in [0.4, 0.5) is 18.9 Å². The first-order valence-corrected chi connectivity index (χ1v) is 15.3. The highest BCUT2D eigenvalue weighted by Gasteiger charge is 2.36. The van der Waals surface area contributed by atoms with Crippen molar-refractivity contribution in [1.29, 1.82) is 0 Å². The molecule has 0 radical (unpaired) electrons. The van der Waals surface area contributed by atoms with Gasteiger partial charge < -0.3 is 10.2 Å². The number of rotatable bonds is 11. The van der Waals surface area contributed by atoms with E-state index < -0.39 is 51.9 Å². The predicted molar refractivity (Wildman–Crippen MR) is 158 cm³/mol. The molecule has 226 valence electrons. The van der Waals surface area contributed by atoms with Crippen LogP contribution in [0.2, 0.25) is 5.02 Å². The molecule has 0 unspecified atom stereocenters. The number of carbonyl (C=O) groups excluding carboxylic acids is 2. The molecular weight excluding hydrogens is 591 g/mol. The van der Waals surface area contributed by atoms with E-state index in [1.54, 1.807) is 50.2 Å². The monoisotopic (exact) mass is 623 g/mol. The Morgan fingerprint density at radius 1 is 0.976 bits per heavy atom. The van der Waals surface area contributed by atoms with Crippen molar-refractivity contribution < 1.29 is 31.2 Å². The minimum Gasteiger partial charge on any atom is -0.352 e. The molecule has 0 aliphatic rings. The van der Waals surface area contributed by atoms with Gasteiger partial charge in [-0.25, -0.2) is 8.42 Å². The molecule has 3 aromatic rings. The van der Waals surface area contributed by atoms with Gasteiger partial charge in [-0.15, -0.1) is 0 Å². The predicted octanol–water partition coefficient (Wildman–Crippen LogP) is 5.60. The van der Waals surface area contributed by atoms with Gasteiger partial charge in [0.25, 0.3) is 0 Å². The summed E-state index contributed by atoms with van der Waals surface area (Å²) in [5.74, 6) is -1.25. The van der Waals surface area contributed by atoms with Crippen LogP contribution in [0.5, 0.6) is 0 Å². The summed E-state index contributed by atoms with van der Waals surface area (Å²) in [5.41, 5.74) is 0.676. The lowest BCUT2D eigenvalue weighted by Gasteiger charge is -2.34. The third kappa shape index (κ3) is 8.72. The number of carbonyl (C=O) groups is 2. The van der Waals surface area contributed by atoms with Gasteiger partial charge in [0.15, 0.2) is 0 Å². The summed E-state index contributed by atoms with van der Waals surface area (Å²) in [6.07, 6.45) is -3.89. The first kappa shape index (κ1) is 32.9. The molecule has 3 aromatic carbocycles. The van der Waals surface area contributed by atoms with E-state index in [0.29, 0.717) is 15.9 Å². The standard InChI is InChI=1S/C30H33ClF3N3O4S/c1-20(2)35-29(39)27(16-22-11-6-5-7-12-22)36(18-23-13-9-8-10-21(23)3)28(38)19-37(42(4,40)41)26-17-24(30(32,33)34)14-15-25(26)31/h5-15,17,20,27H,16,18-19H2,1-4H3,(H,35,39)/t27-/m0/s1. The maximum Gasteiger partial charge on any atom is 0.416 e. The van der Waals surface area contributed by atoms with E-state index in [4.69, 9.17) is 11.6 Å². The number of nitrogens with zero attached hydrogens (tertiary/aromatic N) is 2.